The highest BCUT2D eigenvalue weighted by Crippen LogP contribution is 2.28. The molecule has 2 N–H and O–H groups in total. The summed E-state index contributed by atoms with van der Waals surface area (Å²) in [6.45, 7) is 0.407. The Bertz CT molecular complexity index is 564. The molecule has 0 aromatic heterocycles. The minimum atomic E-state index is -3.61. The van der Waals surface area contributed by atoms with Gasteiger partial charge in [-0.05, 0) is 30.5 Å². The molecule has 0 saturated heterocycles. The number of benzene rings is 1. The standard InChI is InChI=1S/C13H17NO4S/c15-13(16)11-5-2-6-12(9-11)19(17,18)14-8-7-10-3-1-4-10/h2,5-6,9-10,14H,1,3-4,7-8H2,(H,15,16). The molecule has 0 spiro atoms. The molecule has 6 heteroatoms. The van der Waals surface area contributed by atoms with Crippen molar-refractivity contribution in [3.05, 3.63) is 29.8 Å². The highest BCUT2D eigenvalue weighted by molar-refractivity contribution is 7.89. The number of carboxylic acids is 1. The molecule has 1 saturated carbocycles. The second-order valence-corrected chi connectivity index (χ2v) is 6.58. The first kappa shape index (κ1) is 14.0. The van der Waals surface area contributed by atoms with E-state index in [1.165, 1.54) is 43.5 Å². The van der Waals surface area contributed by atoms with Crippen LogP contribution in [0.1, 0.15) is 36.0 Å². The van der Waals surface area contributed by atoms with Gasteiger partial charge in [0.05, 0.1) is 10.5 Å². The molecule has 19 heavy (non-hydrogen) atoms. The van der Waals surface area contributed by atoms with Crippen molar-refractivity contribution in [3.63, 3.8) is 0 Å². The van der Waals surface area contributed by atoms with Gasteiger partial charge in [0.15, 0.2) is 0 Å². The molecule has 1 aromatic carbocycles. The van der Waals surface area contributed by atoms with Crippen molar-refractivity contribution in [2.75, 3.05) is 6.54 Å². The highest BCUT2D eigenvalue weighted by Gasteiger charge is 2.19. The van der Waals surface area contributed by atoms with E-state index in [2.05, 4.69) is 4.72 Å². The number of nitrogens with one attached hydrogen (secondary N) is 1. The van der Waals surface area contributed by atoms with Crippen molar-refractivity contribution < 1.29 is 18.3 Å². The summed E-state index contributed by atoms with van der Waals surface area (Å²) in [7, 11) is -3.61. The number of hydrogen-bond acceptors (Lipinski definition) is 3. The molecule has 2 rings (SSSR count). The van der Waals surface area contributed by atoms with Gasteiger partial charge in [0.25, 0.3) is 0 Å². The largest absolute Gasteiger partial charge is 0.478 e. The van der Waals surface area contributed by atoms with Gasteiger partial charge in [-0.25, -0.2) is 17.9 Å². The lowest BCUT2D eigenvalue weighted by Crippen LogP contribution is -2.27. The van der Waals surface area contributed by atoms with E-state index in [0.717, 1.165) is 6.42 Å². The van der Waals surface area contributed by atoms with Crippen LogP contribution in [-0.2, 0) is 10.0 Å². The van der Waals surface area contributed by atoms with Gasteiger partial charge >= 0.3 is 5.97 Å². The minimum absolute atomic E-state index is 0.000935. The molecule has 1 aliphatic rings. The van der Waals surface area contributed by atoms with Gasteiger partial charge in [-0.2, -0.15) is 0 Å². The van der Waals surface area contributed by atoms with Crippen LogP contribution in [0.25, 0.3) is 0 Å². The molecule has 1 aliphatic carbocycles. The van der Waals surface area contributed by atoms with Crippen LogP contribution in [0.4, 0.5) is 0 Å². The highest BCUT2D eigenvalue weighted by atomic mass is 32.2. The molecule has 1 aromatic rings. The topological polar surface area (TPSA) is 83.5 Å². The summed E-state index contributed by atoms with van der Waals surface area (Å²) in [5.74, 6) is -0.500. The van der Waals surface area contributed by atoms with Gasteiger partial charge in [-0.15, -0.1) is 0 Å². The molecule has 1 fully saturated rings. The zero-order valence-electron chi connectivity index (χ0n) is 10.5. The lowest BCUT2D eigenvalue weighted by Gasteiger charge is -2.25. The van der Waals surface area contributed by atoms with Crippen molar-refractivity contribution in [2.24, 2.45) is 5.92 Å². The predicted molar refractivity (Wildman–Crippen MR) is 70.5 cm³/mol. The van der Waals surface area contributed by atoms with Crippen molar-refractivity contribution in [1.29, 1.82) is 0 Å². The Morgan fingerprint density at radius 1 is 1.37 bits per heavy atom. The summed E-state index contributed by atoms with van der Waals surface area (Å²) in [4.78, 5) is 10.8. The zero-order valence-corrected chi connectivity index (χ0v) is 11.3. The number of carbonyl (C=O) groups is 1. The predicted octanol–water partition coefficient (Wildman–Crippen LogP) is 1.85. The van der Waals surface area contributed by atoms with Gasteiger partial charge < -0.3 is 5.11 Å². The smallest absolute Gasteiger partial charge is 0.335 e. The SMILES string of the molecule is O=C(O)c1cccc(S(=O)(=O)NCCC2CCC2)c1. The molecule has 5 nitrogen and oxygen atoms in total. The molecule has 0 radical (unpaired) electrons. The van der Waals surface area contributed by atoms with E-state index in [4.69, 9.17) is 5.11 Å². The van der Waals surface area contributed by atoms with E-state index in [-0.39, 0.29) is 10.5 Å². The van der Waals surface area contributed by atoms with Gasteiger partial charge in [0.1, 0.15) is 0 Å². The number of sulfonamides is 1. The second kappa shape index (κ2) is 5.71. The van der Waals surface area contributed by atoms with Crippen LogP contribution in [0.15, 0.2) is 29.2 Å². The van der Waals surface area contributed by atoms with Gasteiger partial charge in [0.2, 0.25) is 10.0 Å². The first-order chi connectivity index (χ1) is 8.99. The molecular weight excluding hydrogens is 266 g/mol. The maximum absolute atomic E-state index is 12.0. The zero-order chi connectivity index (χ0) is 13.9. The van der Waals surface area contributed by atoms with E-state index in [0.29, 0.717) is 12.5 Å². The third kappa shape index (κ3) is 3.54. The molecule has 0 atom stereocenters. The molecule has 0 unspecified atom stereocenters. The van der Waals surface area contributed by atoms with E-state index in [1.54, 1.807) is 0 Å². The van der Waals surface area contributed by atoms with Crippen molar-refractivity contribution in [2.45, 2.75) is 30.6 Å². The average molecular weight is 283 g/mol. The Morgan fingerprint density at radius 3 is 2.68 bits per heavy atom. The van der Waals surface area contributed by atoms with Crippen molar-refractivity contribution >= 4 is 16.0 Å². The van der Waals surface area contributed by atoms with Crippen molar-refractivity contribution in [3.8, 4) is 0 Å². The fraction of sp³-hybridized carbons (Fsp3) is 0.462. The number of rotatable bonds is 6. The van der Waals surface area contributed by atoms with E-state index >= 15 is 0 Å². The van der Waals surface area contributed by atoms with Crippen LogP contribution < -0.4 is 4.72 Å². The monoisotopic (exact) mass is 283 g/mol. The van der Waals surface area contributed by atoms with Crippen LogP contribution >= 0.6 is 0 Å². The fourth-order valence-corrected chi connectivity index (χ4v) is 3.15. The quantitative estimate of drug-likeness (QED) is 0.834. The third-order valence-electron chi connectivity index (χ3n) is 3.46. The Morgan fingerprint density at radius 2 is 2.11 bits per heavy atom. The number of carboxylic acid groups (broad SMARTS) is 1. The summed E-state index contributed by atoms with van der Waals surface area (Å²) in [6, 6.07) is 5.38. The average Bonchev–Trinajstić information content (AvgIpc) is 2.32. The second-order valence-electron chi connectivity index (χ2n) is 4.82. The van der Waals surface area contributed by atoms with Gasteiger partial charge in [-0.3, -0.25) is 0 Å². The van der Waals surface area contributed by atoms with Crippen LogP contribution in [-0.4, -0.2) is 26.0 Å². The maximum atomic E-state index is 12.0. The minimum Gasteiger partial charge on any atom is -0.478 e. The molecule has 0 amide bonds. The Balaban J connectivity index is 2.01. The normalized spacial score (nSPS) is 16.0. The van der Waals surface area contributed by atoms with Gasteiger partial charge in [-0.1, -0.05) is 25.3 Å². The lowest BCUT2D eigenvalue weighted by molar-refractivity contribution is 0.0696. The summed E-state index contributed by atoms with van der Waals surface area (Å²) < 4.78 is 26.5. The molecular formula is C13H17NO4S. The van der Waals surface area contributed by atoms with E-state index < -0.39 is 16.0 Å². The molecule has 104 valence electrons. The van der Waals surface area contributed by atoms with E-state index in [1.807, 2.05) is 0 Å². The Kier molecular flexibility index (Phi) is 4.21. The summed E-state index contributed by atoms with van der Waals surface area (Å²) in [6.07, 6.45) is 4.43. The van der Waals surface area contributed by atoms with Crippen LogP contribution in [0.5, 0.6) is 0 Å². The van der Waals surface area contributed by atoms with Crippen LogP contribution in [0.2, 0.25) is 0 Å². The van der Waals surface area contributed by atoms with Gasteiger partial charge in [0, 0.05) is 6.54 Å². The van der Waals surface area contributed by atoms with Crippen LogP contribution in [0.3, 0.4) is 0 Å². The third-order valence-corrected chi connectivity index (χ3v) is 4.92. The number of aromatic carboxylic acids is 1. The molecule has 0 bridgehead atoms. The maximum Gasteiger partial charge on any atom is 0.335 e. The van der Waals surface area contributed by atoms with Crippen molar-refractivity contribution in [1.82, 2.24) is 4.72 Å². The lowest BCUT2D eigenvalue weighted by atomic mass is 9.83. The first-order valence-corrected chi connectivity index (χ1v) is 7.80. The number of hydrogen-bond donors (Lipinski definition) is 2. The van der Waals surface area contributed by atoms with E-state index in [9.17, 15) is 13.2 Å². The Labute approximate surface area is 112 Å². The summed E-state index contributed by atoms with van der Waals surface area (Å²) in [5.41, 5.74) is -0.0260. The first-order valence-electron chi connectivity index (χ1n) is 6.32. The molecule has 0 aliphatic heterocycles. The summed E-state index contributed by atoms with van der Waals surface area (Å²) >= 11 is 0. The Hall–Kier alpha value is -1.40. The fourth-order valence-electron chi connectivity index (χ4n) is 2.06. The van der Waals surface area contributed by atoms with Crippen LogP contribution in [0, 0.1) is 5.92 Å². The summed E-state index contributed by atoms with van der Waals surface area (Å²) in [5, 5.41) is 8.85. The molecule has 0 heterocycles.